The maximum atomic E-state index is 13.5. The molecule has 2 amide bonds. The van der Waals surface area contributed by atoms with Crippen molar-refractivity contribution in [3.05, 3.63) is 101 Å². The van der Waals surface area contributed by atoms with Crippen LogP contribution in [-0.2, 0) is 28.0 Å². The number of nitrogens with zero attached hydrogens (tertiary/aromatic N) is 1. The predicted molar refractivity (Wildman–Crippen MR) is 141 cm³/mol. The minimum absolute atomic E-state index is 0.0297. The molecule has 5 nitrogen and oxygen atoms in total. The van der Waals surface area contributed by atoms with Crippen LogP contribution in [0.5, 0.6) is 5.75 Å². The Hall–Kier alpha value is -3.31. The Morgan fingerprint density at radius 2 is 1.54 bits per heavy atom. The zero-order valence-electron chi connectivity index (χ0n) is 20.8. The molecule has 0 bridgehead atoms. The first-order chi connectivity index (χ1) is 16.7. The second-order valence-electron chi connectivity index (χ2n) is 9.53. The monoisotopic (exact) mass is 492 g/mol. The lowest BCUT2D eigenvalue weighted by Gasteiger charge is -2.31. The van der Waals surface area contributed by atoms with E-state index in [4.69, 9.17) is 16.3 Å². The summed E-state index contributed by atoms with van der Waals surface area (Å²) in [5.74, 6) is 0.104. The standard InChI is InChI=1S/C29H33ClN2O3/c1-29(2,3)23-12-16-25(17-13-23)35-20-27(33)32(19-22-10-14-24(30)15-11-22)26(28(34)31-4)18-21-8-6-5-7-9-21/h5-17,26H,18-20H2,1-4H3,(H,31,34)/t26-/m1/s1. The number of likely N-dealkylation sites (N-methyl/N-ethyl adjacent to an activating group) is 1. The SMILES string of the molecule is CNC(=O)[C@@H](Cc1ccccc1)N(Cc1ccc(Cl)cc1)C(=O)COc1ccc(C(C)(C)C)cc1. The second-order valence-corrected chi connectivity index (χ2v) is 9.97. The molecule has 0 heterocycles. The van der Waals surface area contributed by atoms with Crippen molar-refractivity contribution in [2.24, 2.45) is 0 Å². The van der Waals surface area contributed by atoms with Crippen LogP contribution >= 0.6 is 11.6 Å². The maximum Gasteiger partial charge on any atom is 0.261 e. The zero-order chi connectivity index (χ0) is 25.4. The molecule has 0 aliphatic rings. The minimum atomic E-state index is -0.697. The summed E-state index contributed by atoms with van der Waals surface area (Å²) in [5.41, 5.74) is 3.05. The van der Waals surface area contributed by atoms with Crippen molar-refractivity contribution in [2.45, 2.75) is 45.2 Å². The van der Waals surface area contributed by atoms with Crippen molar-refractivity contribution >= 4 is 23.4 Å². The van der Waals surface area contributed by atoms with Crippen molar-refractivity contribution in [2.75, 3.05) is 13.7 Å². The molecule has 0 fully saturated rings. The Balaban J connectivity index is 1.83. The molecule has 0 unspecified atom stereocenters. The fourth-order valence-electron chi connectivity index (χ4n) is 3.79. The summed E-state index contributed by atoms with van der Waals surface area (Å²) in [4.78, 5) is 28.0. The molecule has 6 heteroatoms. The zero-order valence-corrected chi connectivity index (χ0v) is 21.5. The molecule has 3 aromatic carbocycles. The fourth-order valence-corrected chi connectivity index (χ4v) is 3.91. The van der Waals surface area contributed by atoms with Gasteiger partial charge in [0.05, 0.1) is 0 Å². The van der Waals surface area contributed by atoms with E-state index < -0.39 is 6.04 Å². The number of amides is 2. The molecular formula is C29H33ClN2O3. The Bertz CT molecular complexity index is 1110. The van der Waals surface area contributed by atoms with Gasteiger partial charge in [-0.1, -0.05) is 87.0 Å². The third-order valence-electron chi connectivity index (χ3n) is 5.87. The fraction of sp³-hybridized carbons (Fsp3) is 0.310. The normalized spacial score (nSPS) is 12.0. The lowest BCUT2D eigenvalue weighted by atomic mass is 9.87. The molecule has 1 N–H and O–H groups in total. The van der Waals surface area contributed by atoms with Gasteiger partial charge in [-0.05, 0) is 46.4 Å². The molecule has 184 valence electrons. The van der Waals surface area contributed by atoms with E-state index in [1.807, 2.05) is 66.7 Å². The van der Waals surface area contributed by atoms with E-state index in [0.29, 0.717) is 17.2 Å². The molecule has 0 aliphatic carbocycles. The van der Waals surface area contributed by atoms with Gasteiger partial charge in [-0.2, -0.15) is 0 Å². The van der Waals surface area contributed by atoms with Crippen molar-refractivity contribution in [3.8, 4) is 5.75 Å². The Morgan fingerprint density at radius 1 is 0.914 bits per heavy atom. The first-order valence-electron chi connectivity index (χ1n) is 11.7. The number of carbonyl (C=O) groups is 2. The van der Waals surface area contributed by atoms with Gasteiger partial charge in [-0.15, -0.1) is 0 Å². The molecule has 3 aromatic rings. The molecule has 0 spiro atoms. The molecule has 0 saturated heterocycles. The number of rotatable bonds is 9. The predicted octanol–water partition coefficient (Wildman–Crippen LogP) is 5.40. The van der Waals surface area contributed by atoms with E-state index in [2.05, 4.69) is 26.1 Å². The highest BCUT2D eigenvalue weighted by Crippen LogP contribution is 2.24. The third kappa shape index (κ3) is 7.59. The van der Waals surface area contributed by atoms with E-state index in [0.717, 1.165) is 11.1 Å². The van der Waals surface area contributed by atoms with E-state index >= 15 is 0 Å². The lowest BCUT2D eigenvalue weighted by Crippen LogP contribution is -2.51. The van der Waals surface area contributed by atoms with E-state index in [-0.39, 0.29) is 30.4 Å². The summed E-state index contributed by atoms with van der Waals surface area (Å²) in [6, 6.07) is 24.0. The van der Waals surface area contributed by atoms with Crippen molar-refractivity contribution in [1.29, 1.82) is 0 Å². The Labute approximate surface area is 213 Å². The number of nitrogens with one attached hydrogen (secondary N) is 1. The van der Waals surface area contributed by atoms with Crippen LogP contribution in [0.2, 0.25) is 5.02 Å². The average molecular weight is 493 g/mol. The molecule has 1 atom stereocenters. The molecule has 35 heavy (non-hydrogen) atoms. The van der Waals surface area contributed by atoms with Gasteiger partial charge >= 0.3 is 0 Å². The molecule has 3 rings (SSSR count). The largest absolute Gasteiger partial charge is 0.484 e. The van der Waals surface area contributed by atoms with Gasteiger partial charge in [-0.3, -0.25) is 9.59 Å². The number of benzene rings is 3. The quantitative estimate of drug-likeness (QED) is 0.435. The summed E-state index contributed by atoms with van der Waals surface area (Å²) in [7, 11) is 1.58. The van der Waals surface area contributed by atoms with Crippen LogP contribution in [0.25, 0.3) is 0 Å². The summed E-state index contributed by atoms with van der Waals surface area (Å²) in [6.07, 6.45) is 0.389. The van der Waals surface area contributed by atoms with Gasteiger partial charge in [0.15, 0.2) is 6.61 Å². The first-order valence-corrected chi connectivity index (χ1v) is 12.1. The van der Waals surface area contributed by atoms with Crippen molar-refractivity contribution < 1.29 is 14.3 Å². The van der Waals surface area contributed by atoms with Gasteiger partial charge in [0.1, 0.15) is 11.8 Å². The summed E-state index contributed by atoms with van der Waals surface area (Å²) in [5, 5.41) is 3.33. The highest BCUT2D eigenvalue weighted by atomic mass is 35.5. The van der Waals surface area contributed by atoms with Gasteiger partial charge in [-0.25, -0.2) is 0 Å². The van der Waals surface area contributed by atoms with Gasteiger partial charge < -0.3 is 15.0 Å². The smallest absolute Gasteiger partial charge is 0.261 e. The van der Waals surface area contributed by atoms with Crippen molar-refractivity contribution in [3.63, 3.8) is 0 Å². The highest BCUT2D eigenvalue weighted by Gasteiger charge is 2.30. The van der Waals surface area contributed by atoms with Gasteiger partial charge in [0.2, 0.25) is 5.91 Å². The maximum absolute atomic E-state index is 13.5. The van der Waals surface area contributed by atoms with Crippen LogP contribution < -0.4 is 10.1 Å². The molecular weight excluding hydrogens is 460 g/mol. The minimum Gasteiger partial charge on any atom is -0.484 e. The molecule has 0 radical (unpaired) electrons. The van der Waals surface area contributed by atoms with Crippen LogP contribution in [0, 0.1) is 0 Å². The van der Waals surface area contributed by atoms with Crippen LogP contribution in [0.3, 0.4) is 0 Å². The van der Waals surface area contributed by atoms with Gasteiger partial charge in [0, 0.05) is 25.0 Å². The molecule has 0 aliphatic heterocycles. The average Bonchev–Trinajstić information content (AvgIpc) is 2.85. The summed E-state index contributed by atoms with van der Waals surface area (Å²) < 4.78 is 5.84. The number of hydrogen-bond acceptors (Lipinski definition) is 3. The topological polar surface area (TPSA) is 58.6 Å². The number of halogens is 1. The Kier molecular flexibility index (Phi) is 8.94. The van der Waals surface area contributed by atoms with Crippen LogP contribution in [0.4, 0.5) is 0 Å². The first kappa shape index (κ1) is 26.3. The van der Waals surface area contributed by atoms with E-state index in [1.165, 1.54) is 5.56 Å². The number of ether oxygens (including phenoxy) is 1. The number of hydrogen-bond donors (Lipinski definition) is 1. The van der Waals surface area contributed by atoms with Crippen LogP contribution in [0.1, 0.15) is 37.5 Å². The van der Waals surface area contributed by atoms with Gasteiger partial charge in [0.25, 0.3) is 5.91 Å². The Morgan fingerprint density at radius 3 is 2.11 bits per heavy atom. The van der Waals surface area contributed by atoms with E-state index in [9.17, 15) is 9.59 Å². The molecule has 0 aromatic heterocycles. The summed E-state index contributed by atoms with van der Waals surface area (Å²) >= 11 is 6.05. The van der Waals surface area contributed by atoms with E-state index in [1.54, 1.807) is 24.1 Å². The van der Waals surface area contributed by atoms with Crippen molar-refractivity contribution in [1.82, 2.24) is 10.2 Å². The van der Waals surface area contributed by atoms with Crippen LogP contribution in [0.15, 0.2) is 78.9 Å². The number of carbonyl (C=O) groups excluding carboxylic acids is 2. The molecule has 0 saturated carbocycles. The lowest BCUT2D eigenvalue weighted by molar-refractivity contribution is -0.142. The second kappa shape index (κ2) is 11.9. The third-order valence-corrected chi connectivity index (χ3v) is 6.12. The highest BCUT2D eigenvalue weighted by molar-refractivity contribution is 6.30. The summed E-state index contributed by atoms with van der Waals surface area (Å²) in [6.45, 7) is 6.52. The van der Waals surface area contributed by atoms with Crippen LogP contribution in [-0.4, -0.2) is 36.4 Å².